The second kappa shape index (κ2) is 15.4. The average molecular weight is 689 g/mol. The number of ether oxygens (including phenoxy) is 1. The predicted octanol–water partition coefficient (Wildman–Crippen LogP) is 8.36. The van der Waals surface area contributed by atoms with Crippen LogP contribution in [0.5, 0.6) is 0 Å². The molecule has 10 heteroatoms. The largest absolute Gasteiger partial charge is 0.444 e. The quantitative estimate of drug-likeness (QED) is 0.253. The third kappa shape index (κ3) is 9.69. The molecular formula is C39H56N4O5Si. The lowest BCUT2D eigenvalue weighted by Gasteiger charge is -2.37. The maximum absolute atomic E-state index is 13.7. The molecule has 2 aliphatic heterocycles. The molecule has 0 aromatic heterocycles. The first kappa shape index (κ1) is 38.0. The number of amidine groups is 1. The van der Waals surface area contributed by atoms with Crippen LogP contribution in [0.15, 0.2) is 47.0 Å². The Morgan fingerprint density at radius 3 is 2.27 bits per heavy atom. The van der Waals surface area contributed by atoms with Crippen LogP contribution in [0.1, 0.15) is 96.1 Å². The molecule has 0 aliphatic carbocycles. The third-order valence-electron chi connectivity index (χ3n) is 9.41. The second-order valence-electron chi connectivity index (χ2n) is 15.6. The van der Waals surface area contributed by atoms with Crippen LogP contribution in [0.3, 0.4) is 0 Å². The highest BCUT2D eigenvalue weighted by molar-refractivity contribution is 6.74. The highest BCUT2D eigenvalue weighted by Crippen LogP contribution is 2.37. The van der Waals surface area contributed by atoms with Crippen molar-refractivity contribution in [2.75, 3.05) is 32.8 Å². The van der Waals surface area contributed by atoms with Gasteiger partial charge in [0.1, 0.15) is 11.4 Å². The smallest absolute Gasteiger partial charge is 0.413 e. The normalized spacial score (nSPS) is 15.1. The number of hydrogen-bond acceptors (Lipinski definition) is 6. The third-order valence-corrected chi connectivity index (χ3v) is 13.9. The summed E-state index contributed by atoms with van der Waals surface area (Å²) < 4.78 is 11.9. The van der Waals surface area contributed by atoms with Crippen LogP contribution in [-0.2, 0) is 20.4 Å². The lowest BCUT2D eigenvalue weighted by atomic mass is 9.93. The molecule has 0 atom stereocenters. The molecule has 0 fully saturated rings. The van der Waals surface area contributed by atoms with Gasteiger partial charge in [-0.3, -0.25) is 14.9 Å². The number of nitrogens with zero attached hydrogens (tertiary/aromatic N) is 3. The minimum atomic E-state index is -1.88. The average Bonchev–Trinajstić information content (AvgIpc) is 3.18. The van der Waals surface area contributed by atoms with E-state index in [1.54, 1.807) is 20.8 Å². The maximum atomic E-state index is 13.7. The zero-order valence-electron chi connectivity index (χ0n) is 31.3. The van der Waals surface area contributed by atoms with Gasteiger partial charge in [0.05, 0.1) is 12.3 Å². The highest BCUT2D eigenvalue weighted by Gasteiger charge is 2.37. The number of carbonyl (C=O) groups is 3. The van der Waals surface area contributed by atoms with Crippen LogP contribution in [0.4, 0.5) is 10.5 Å². The standard InChI is InChI=1S/C39H56N4O5Si/c1-11-18-42(19-12-2)35(44)31-24-30-14-13-28(25-33(30)40-34(26-31)41-37(46)48-38(3,4)5)27-15-16-32-29(23-27)17-20-43(36(32)45)21-22-47-49(9,10)39(6,7)8/h13-16,23-25H,11-12,17-22,26H2,1-10H3,(H,40,41,46). The topological polar surface area (TPSA) is 101 Å². The minimum absolute atomic E-state index is 0.0403. The van der Waals surface area contributed by atoms with Gasteiger partial charge in [-0.15, -0.1) is 0 Å². The van der Waals surface area contributed by atoms with Gasteiger partial charge in [-0.1, -0.05) is 58.9 Å². The van der Waals surface area contributed by atoms with E-state index in [1.165, 1.54) is 0 Å². The first-order valence-electron chi connectivity index (χ1n) is 17.7. The molecule has 0 saturated carbocycles. The molecule has 0 spiro atoms. The van der Waals surface area contributed by atoms with Crippen molar-refractivity contribution in [1.29, 1.82) is 0 Å². The molecule has 0 unspecified atom stereocenters. The van der Waals surface area contributed by atoms with Crippen LogP contribution < -0.4 is 5.32 Å². The van der Waals surface area contributed by atoms with Gasteiger partial charge in [-0.05, 0) is 93.1 Å². The van der Waals surface area contributed by atoms with Crippen LogP contribution in [0, 0.1) is 0 Å². The Morgan fingerprint density at radius 2 is 1.63 bits per heavy atom. The van der Waals surface area contributed by atoms with Crippen molar-refractivity contribution < 1.29 is 23.5 Å². The molecule has 3 amide bonds. The van der Waals surface area contributed by atoms with Crippen LogP contribution in [-0.4, -0.2) is 80.2 Å². The Balaban J connectivity index is 1.61. The van der Waals surface area contributed by atoms with E-state index in [-0.39, 0.29) is 23.3 Å². The molecule has 2 aliphatic rings. The lowest BCUT2D eigenvalue weighted by molar-refractivity contribution is -0.127. The summed E-state index contributed by atoms with van der Waals surface area (Å²) >= 11 is 0. The summed E-state index contributed by atoms with van der Waals surface area (Å²) in [6.45, 7) is 23.8. The zero-order chi connectivity index (χ0) is 36.1. The number of hydrogen-bond donors (Lipinski definition) is 1. The van der Waals surface area contributed by atoms with E-state index < -0.39 is 20.0 Å². The summed E-state index contributed by atoms with van der Waals surface area (Å²) in [6.07, 6.45) is 3.92. The summed E-state index contributed by atoms with van der Waals surface area (Å²) in [5.41, 5.74) is 4.98. The van der Waals surface area contributed by atoms with E-state index in [2.05, 4.69) is 59.1 Å². The summed E-state index contributed by atoms with van der Waals surface area (Å²) in [4.78, 5) is 48.6. The van der Waals surface area contributed by atoms with Crippen molar-refractivity contribution in [3.63, 3.8) is 0 Å². The summed E-state index contributed by atoms with van der Waals surface area (Å²) in [5.74, 6) is 0.337. The summed E-state index contributed by atoms with van der Waals surface area (Å²) in [6, 6.07) is 12.0. The summed E-state index contributed by atoms with van der Waals surface area (Å²) in [5, 5.41) is 2.94. The first-order chi connectivity index (χ1) is 22.9. The lowest BCUT2D eigenvalue weighted by Crippen LogP contribution is -2.45. The minimum Gasteiger partial charge on any atom is -0.444 e. The number of fused-ring (bicyclic) bond motifs is 2. The fourth-order valence-electron chi connectivity index (χ4n) is 5.79. The van der Waals surface area contributed by atoms with Crippen molar-refractivity contribution >= 4 is 43.8 Å². The second-order valence-corrected chi connectivity index (χ2v) is 20.4. The molecular weight excluding hydrogens is 633 g/mol. The van der Waals surface area contributed by atoms with Gasteiger partial charge in [0.25, 0.3) is 5.91 Å². The van der Waals surface area contributed by atoms with Crippen LogP contribution in [0.25, 0.3) is 17.2 Å². The number of rotatable bonds is 10. The number of alkyl carbamates (subject to hydrolysis) is 1. The van der Waals surface area contributed by atoms with E-state index in [4.69, 9.17) is 14.2 Å². The molecule has 49 heavy (non-hydrogen) atoms. The van der Waals surface area contributed by atoms with Gasteiger partial charge >= 0.3 is 6.09 Å². The van der Waals surface area contributed by atoms with E-state index >= 15 is 0 Å². The zero-order valence-corrected chi connectivity index (χ0v) is 32.3. The summed E-state index contributed by atoms with van der Waals surface area (Å²) in [7, 11) is -1.88. The number of benzene rings is 2. The Kier molecular flexibility index (Phi) is 12.0. The van der Waals surface area contributed by atoms with Crippen molar-refractivity contribution in [1.82, 2.24) is 15.1 Å². The van der Waals surface area contributed by atoms with Crippen LogP contribution >= 0.6 is 0 Å². The Labute approximate surface area is 294 Å². The van der Waals surface area contributed by atoms with Crippen molar-refractivity contribution in [3.8, 4) is 11.1 Å². The van der Waals surface area contributed by atoms with Gasteiger partial charge in [0.15, 0.2) is 8.32 Å². The molecule has 266 valence electrons. The molecule has 0 radical (unpaired) electrons. The number of amides is 3. The van der Waals surface area contributed by atoms with Gasteiger partial charge in [-0.25, -0.2) is 9.79 Å². The molecule has 0 bridgehead atoms. The molecule has 2 aromatic carbocycles. The van der Waals surface area contributed by atoms with E-state index in [9.17, 15) is 14.4 Å². The molecule has 1 N–H and O–H groups in total. The molecule has 2 heterocycles. The van der Waals surface area contributed by atoms with Gasteiger partial charge in [0, 0.05) is 49.3 Å². The van der Waals surface area contributed by atoms with Crippen LogP contribution in [0.2, 0.25) is 18.1 Å². The Morgan fingerprint density at radius 1 is 0.980 bits per heavy atom. The SMILES string of the molecule is CCCN(CCC)C(=O)C1=Cc2ccc(-c3ccc4c(c3)CCN(CCO[Si](C)(C)C(C)(C)C)C4=O)cc2N=C(NC(=O)OC(C)(C)C)C1. The maximum Gasteiger partial charge on any atom is 0.413 e. The van der Waals surface area contributed by atoms with E-state index in [0.717, 1.165) is 47.1 Å². The van der Waals surface area contributed by atoms with E-state index in [1.807, 2.05) is 46.2 Å². The monoisotopic (exact) mass is 688 g/mol. The van der Waals surface area contributed by atoms with Crippen molar-refractivity contribution in [3.05, 3.63) is 58.7 Å². The molecule has 0 saturated heterocycles. The molecule has 9 nitrogen and oxygen atoms in total. The Hall–Kier alpha value is -3.76. The highest BCUT2D eigenvalue weighted by atomic mass is 28.4. The first-order valence-corrected chi connectivity index (χ1v) is 20.6. The Bertz CT molecular complexity index is 1610. The predicted molar refractivity (Wildman–Crippen MR) is 201 cm³/mol. The van der Waals surface area contributed by atoms with E-state index in [0.29, 0.717) is 49.9 Å². The number of aliphatic imine (C=N–C) groups is 1. The van der Waals surface area contributed by atoms with Gasteiger partial charge in [0.2, 0.25) is 5.91 Å². The number of carbonyl (C=O) groups excluding carboxylic acids is 3. The van der Waals surface area contributed by atoms with Gasteiger partial charge in [-0.2, -0.15) is 0 Å². The molecule has 2 aromatic rings. The van der Waals surface area contributed by atoms with Gasteiger partial charge < -0.3 is 19.0 Å². The van der Waals surface area contributed by atoms with Crippen molar-refractivity contribution in [2.24, 2.45) is 4.99 Å². The fourth-order valence-corrected chi connectivity index (χ4v) is 6.83. The fraction of sp³-hybridized carbons (Fsp3) is 0.538. The number of nitrogens with one attached hydrogen (secondary N) is 1. The molecule has 4 rings (SSSR count). The van der Waals surface area contributed by atoms with Crippen molar-refractivity contribution in [2.45, 2.75) is 105 Å².